The zero-order chi connectivity index (χ0) is 13.1. The average Bonchev–Trinajstić information content (AvgIpc) is 2.88. The summed E-state index contributed by atoms with van der Waals surface area (Å²) in [5.41, 5.74) is 0. The molecule has 1 aliphatic rings. The molecule has 1 aliphatic heterocycles. The van der Waals surface area contributed by atoms with Crippen LogP contribution in [0.2, 0.25) is 0 Å². The maximum atomic E-state index is 2.51. The fraction of sp³-hybridized carbons (Fsp3) is 0.294. The highest BCUT2D eigenvalue weighted by Crippen LogP contribution is 2.61. The molecule has 0 saturated carbocycles. The third-order valence-corrected chi connectivity index (χ3v) is 10.6. The molecule has 0 N–H and O–H groups in total. The van der Waals surface area contributed by atoms with Crippen LogP contribution in [0.1, 0.15) is 12.8 Å². The van der Waals surface area contributed by atoms with E-state index in [9.17, 15) is 0 Å². The van der Waals surface area contributed by atoms with Gasteiger partial charge in [0.25, 0.3) is 0 Å². The summed E-state index contributed by atoms with van der Waals surface area (Å²) in [6.07, 6.45) is 4.33. The molecule has 2 aromatic carbocycles. The molecule has 3 rings (SSSR count). The van der Waals surface area contributed by atoms with Crippen molar-refractivity contribution in [3.63, 3.8) is 0 Å². The second kappa shape index (κ2) is 6.17. The largest absolute Gasteiger partial charge is 0.102 e. The molecule has 1 fully saturated rings. The molecule has 19 heavy (non-hydrogen) atoms. The first-order chi connectivity index (χ1) is 9.36. The van der Waals surface area contributed by atoms with Crippen LogP contribution in [0, 0.1) is 0 Å². The van der Waals surface area contributed by atoms with Crippen LogP contribution in [-0.2, 0) is 0 Å². The first-order valence-electron chi connectivity index (χ1n) is 6.96. The molecule has 2 aromatic rings. The molecule has 0 spiro atoms. The smallest absolute Gasteiger partial charge is 0.00720 e. The Hall–Kier alpha value is -0.700. The van der Waals surface area contributed by atoms with Crippen LogP contribution in [0.25, 0.3) is 0 Å². The van der Waals surface area contributed by atoms with Gasteiger partial charge in [-0.25, -0.2) is 0 Å². The number of hydrogen-bond donors (Lipinski definition) is 0. The van der Waals surface area contributed by atoms with Gasteiger partial charge in [0, 0.05) is 5.40 Å². The van der Waals surface area contributed by atoms with E-state index >= 15 is 0 Å². The van der Waals surface area contributed by atoms with Crippen LogP contribution < -0.4 is 10.6 Å². The minimum atomic E-state index is -0.163. The summed E-state index contributed by atoms with van der Waals surface area (Å²) in [5.74, 6) is 0. The van der Waals surface area contributed by atoms with Crippen LogP contribution in [0.5, 0.6) is 0 Å². The van der Waals surface area contributed by atoms with Gasteiger partial charge in [-0.2, -0.15) is 0 Å². The summed E-state index contributed by atoms with van der Waals surface area (Å²) in [4.78, 5) is 0. The van der Waals surface area contributed by atoms with Crippen LogP contribution in [0.3, 0.4) is 0 Å². The topological polar surface area (TPSA) is 0 Å². The lowest BCUT2D eigenvalue weighted by atomic mass is 10.4. The Morgan fingerprint density at radius 1 is 0.895 bits per heavy atom. The molecule has 0 aromatic heterocycles. The van der Waals surface area contributed by atoms with Crippen LogP contribution >= 0.6 is 15.8 Å². The second-order valence-corrected chi connectivity index (χ2v) is 10.5. The number of benzene rings is 2. The molecule has 0 radical (unpaired) electrons. The molecule has 1 unspecified atom stereocenters. The monoisotopic (exact) mass is 286 g/mol. The maximum Gasteiger partial charge on any atom is 0.00720 e. The van der Waals surface area contributed by atoms with Gasteiger partial charge in [0.15, 0.2) is 0 Å². The first-order valence-corrected chi connectivity index (χ1v) is 10.4. The molecule has 2 heteroatoms. The standard InChI is InChI=1S/C17H20P2/c1-18-14-8-13-17(18)19(15-9-4-2-5-10-15)16-11-6-3-7-12-16/h2-7,9-12,17H,8,13-14H2,1H3/t17-,18?/m0/s1. The quantitative estimate of drug-likeness (QED) is 0.736. The lowest BCUT2D eigenvalue weighted by Crippen LogP contribution is -2.18. The molecular weight excluding hydrogens is 266 g/mol. The lowest BCUT2D eigenvalue weighted by molar-refractivity contribution is 0.920. The molecule has 1 heterocycles. The zero-order valence-corrected chi connectivity index (χ0v) is 13.2. The summed E-state index contributed by atoms with van der Waals surface area (Å²) < 4.78 is 0. The SMILES string of the molecule is CP1CCC[C@@H]1P(c1ccccc1)c1ccccc1. The van der Waals surface area contributed by atoms with Crippen molar-refractivity contribution in [2.45, 2.75) is 18.2 Å². The van der Waals surface area contributed by atoms with Crippen molar-refractivity contribution in [2.75, 3.05) is 12.8 Å². The van der Waals surface area contributed by atoms with Crippen molar-refractivity contribution in [3.8, 4) is 0 Å². The van der Waals surface area contributed by atoms with E-state index in [4.69, 9.17) is 0 Å². The highest BCUT2D eigenvalue weighted by atomic mass is 31.2. The van der Waals surface area contributed by atoms with E-state index in [0.29, 0.717) is 0 Å². The van der Waals surface area contributed by atoms with Gasteiger partial charge in [-0.1, -0.05) is 60.7 Å². The fourth-order valence-electron chi connectivity index (χ4n) is 2.89. The summed E-state index contributed by atoms with van der Waals surface area (Å²) in [7, 11) is 0.0512. The number of rotatable bonds is 3. The molecule has 0 aliphatic carbocycles. The van der Waals surface area contributed by atoms with Crippen molar-refractivity contribution in [1.29, 1.82) is 0 Å². The average molecular weight is 286 g/mol. The van der Waals surface area contributed by atoms with Crippen LogP contribution in [0.15, 0.2) is 60.7 Å². The highest BCUT2D eigenvalue weighted by Gasteiger charge is 2.32. The van der Waals surface area contributed by atoms with Gasteiger partial charge in [0.05, 0.1) is 0 Å². The minimum absolute atomic E-state index is 0.163. The molecule has 0 nitrogen and oxygen atoms in total. The molecule has 2 atom stereocenters. The predicted octanol–water partition coefficient (Wildman–Crippen LogP) is 4.35. The number of hydrogen-bond acceptors (Lipinski definition) is 0. The van der Waals surface area contributed by atoms with E-state index in [1.54, 1.807) is 10.6 Å². The highest BCUT2D eigenvalue weighted by molar-refractivity contribution is 7.84. The lowest BCUT2D eigenvalue weighted by Gasteiger charge is -2.28. The molecule has 0 bridgehead atoms. The van der Waals surface area contributed by atoms with Gasteiger partial charge >= 0.3 is 0 Å². The van der Waals surface area contributed by atoms with Crippen LogP contribution in [-0.4, -0.2) is 18.2 Å². The maximum absolute atomic E-state index is 2.51. The van der Waals surface area contributed by atoms with Crippen molar-refractivity contribution in [1.82, 2.24) is 0 Å². The van der Waals surface area contributed by atoms with Gasteiger partial charge < -0.3 is 0 Å². The fourth-order valence-corrected chi connectivity index (χ4v) is 9.63. The first kappa shape index (κ1) is 13.3. The molecular formula is C17H20P2. The van der Waals surface area contributed by atoms with Crippen LogP contribution in [0.4, 0.5) is 0 Å². The Balaban J connectivity index is 2.01. The Morgan fingerprint density at radius 2 is 1.42 bits per heavy atom. The van der Waals surface area contributed by atoms with Crippen molar-refractivity contribution in [2.24, 2.45) is 0 Å². The van der Waals surface area contributed by atoms with E-state index in [-0.39, 0.29) is 15.8 Å². The zero-order valence-electron chi connectivity index (χ0n) is 11.4. The van der Waals surface area contributed by atoms with Crippen molar-refractivity contribution in [3.05, 3.63) is 60.7 Å². The van der Waals surface area contributed by atoms with E-state index in [0.717, 1.165) is 5.40 Å². The van der Waals surface area contributed by atoms with Gasteiger partial charge in [-0.05, 0) is 44.2 Å². The Morgan fingerprint density at radius 3 is 1.84 bits per heavy atom. The molecule has 1 saturated heterocycles. The minimum Gasteiger partial charge on any atom is -0.102 e. The van der Waals surface area contributed by atoms with E-state index < -0.39 is 0 Å². The van der Waals surface area contributed by atoms with Gasteiger partial charge in [-0.3, -0.25) is 0 Å². The summed E-state index contributed by atoms with van der Waals surface area (Å²) in [5, 5.41) is 4.05. The third kappa shape index (κ3) is 2.91. The van der Waals surface area contributed by atoms with Gasteiger partial charge in [0.1, 0.15) is 0 Å². The summed E-state index contributed by atoms with van der Waals surface area (Å²) in [6, 6.07) is 22.4. The normalized spacial score (nSPS) is 22.8. The Bertz CT molecular complexity index is 470. The van der Waals surface area contributed by atoms with Crippen molar-refractivity contribution < 1.29 is 0 Å². The predicted molar refractivity (Wildman–Crippen MR) is 89.8 cm³/mol. The molecule has 98 valence electrons. The Kier molecular flexibility index (Phi) is 4.31. The van der Waals surface area contributed by atoms with Gasteiger partial charge in [-0.15, -0.1) is 7.92 Å². The second-order valence-electron chi connectivity index (χ2n) is 5.14. The Labute approximate surface area is 118 Å². The summed E-state index contributed by atoms with van der Waals surface area (Å²) in [6.45, 7) is 2.51. The third-order valence-electron chi connectivity index (χ3n) is 3.85. The van der Waals surface area contributed by atoms with Gasteiger partial charge in [0.2, 0.25) is 0 Å². The van der Waals surface area contributed by atoms with E-state index in [1.165, 1.54) is 19.0 Å². The molecule has 0 amide bonds. The van der Waals surface area contributed by atoms with E-state index in [2.05, 4.69) is 67.3 Å². The summed E-state index contributed by atoms with van der Waals surface area (Å²) >= 11 is 0. The van der Waals surface area contributed by atoms with E-state index in [1.807, 2.05) is 0 Å². The van der Waals surface area contributed by atoms with Crippen molar-refractivity contribution >= 4 is 26.5 Å².